The molecule has 0 spiro atoms. The van der Waals surface area contributed by atoms with E-state index < -0.39 is 12.0 Å². The van der Waals surface area contributed by atoms with Crippen molar-refractivity contribution >= 4 is 11.9 Å². The van der Waals surface area contributed by atoms with Gasteiger partial charge in [0.1, 0.15) is 17.9 Å². The standard InChI is InChI=1S/C24H28N2O5/c1-30-20-8-3-2-7-19(20)22(25-14-16-5-4-6-18(13-16)23(27)28)24(29)31-21-15-26-11-9-17(21)10-12-26/h2-8,13,17,21-22,25H,9-12,14-15H2,1H3,(H,27,28)/t21-,22?/m0/s1. The van der Waals surface area contributed by atoms with Crippen LogP contribution in [-0.2, 0) is 16.1 Å². The minimum absolute atomic E-state index is 0.0932. The minimum atomic E-state index is -0.982. The van der Waals surface area contributed by atoms with Crippen LogP contribution in [0.25, 0.3) is 0 Å². The summed E-state index contributed by atoms with van der Waals surface area (Å²) in [6, 6.07) is 13.3. The molecule has 2 N–H and O–H groups in total. The number of hydrogen-bond donors (Lipinski definition) is 2. The zero-order chi connectivity index (χ0) is 21.8. The van der Waals surface area contributed by atoms with Gasteiger partial charge in [-0.15, -0.1) is 0 Å². The summed E-state index contributed by atoms with van der Waals surface area (Å²) in [6.07, 6.45) is 2.03. The van der Waals surface area contributed by atoms with Crippen LogP contribution in [-0.4, -0.2) is 54.8 Å². The Morgan fingerprint density at radius 3 is 2.61 bits per heavy atom. The molecule has 31 heavy (non-hydrogen) atoms. The number of methoxy groups -OCH3 is 1. The number of hydrogen-bond acceptors (Lipinski definition) is 6. The van der Waals surface area contributed by atoms with Crippen LogP contribution in [0.3, 0.4) is 0 Å². The van der Waals surface area contributed by atoms with Crippen molar-refractivity contribution in [3.05, 3.63) is 65.2 Å². The molecule has 3 fully saturated rings. The molecule has 3 saturated heterocycles. The van der Waals surface area contributed by atoms with Gasteiger partial charge in [0.2, 0.25) is 0 Å². The van der Waals surface area contributed by atoms with Crippen molar-refractivity contribution in [3.8, 4) is 5.75 Å². The molecule has 1 unspecified atom stereocenters. The number of benzene rings is 2. The maximum Gasteiger partial charge on any atom is 0.335 e. The molecule has 5 rings (SSSR count). The van der Waals surface area contributed by atoms with E-state index in [9.17, 15) is 14.7 Å². The number of carboxylic acids is 1. The molecule has 0 saturated carbocycles. The van der Waals surface area contributed by atoms with E-state index in [0.717, 1.165) is 38.0 Å². The summed E-state index contributed by atoms with van der Waals surface area (Å²) in [5.74, 6) is -0.299. The number of fused-ring (bicyclic) bond motifs is 3. The van der Waals surface area contributed by atoms with Crippen LogP contribution < -0.4 is 10.1 Å². The first-order chi connectivity index (χ1) is 15.0. The number of aromatic carboxylic acids is 1. The van der Waals surface area contributed by atoms with E-state index in [-0.39, 0.29) is 17.6 Å². The molecule has 3 heterocycles. The third kappa shape index (κ3) is 4.89. The van der Waals surface area contributed by atoms with Gasteiger partial charge in [-0.3, -0.25) is 10.2 Å². The van der Waals surface area contributed by atoms with E-state index in [1.165, 1.54) is 0 Å². The van der Waals surface area contributed by atoms with Crippen LogP contribution in [0.4, 0.5) is 0 Å². The number of esters is 1. The smallest absolute Gasteiger partial charge is 0.335 e. The lowest BCUT2D eigenvalue weighted by Gasteiger charge is -2.44. The molecular formula is C24H28N2O5. The second-order valence-electron chi connectivity index (χ2n) is 8.17. The Labute approximate surface area is 182 Å². The van der Waals surface area contributed by atoms with Gasteiger partial charge in [0, 0.05) is 18.7 Å². The predicted molar refractivity (Wildman–Crippen MR) is 115 cm³/mol. The number of carboxylic acid groups (broad SMARTS) is 1. The van der Waals surface area contributed by atoms with Gasteiger partial charge in [0.15, 0.2) is 0 Å². The van der Waals surface area contributed by atoms with E-state index in [0.29, 0.717) is 23.8 Å². The number of carbonyl (C=O) groups excluding carboxylic acids is 1. The highest BCUT2D eigenvalue weighted by atomic mass is 16.5. The molecule has 164 valence electrons. The Hall–Kier alpha value is -2.90. The fraction of sp³-hybridized carbons (Fsp3) is 0.417. The molecule has 2 bridgehead atoms. The van der Waals surface area contributed by atoms with Crippen LogP contribution in [0, 0.1) is 5.92 Å². The first-order valence-corrected chi connectivity index (χ1v) is 10.7. The van der Waals surface area contributed by atoms with Crippen molar-refractivity contribution in [1.82, 2.24) is 10.2 Å². The molecule has 3 aliphatic heterocycles. The van der Waals surface area contributed by atoms with Crippen LogP contribution >= 0.6 is 0 Å². The lowest BCUT2D eigenvalue weighted by atomic mass is 9.86. The monoisotopic (exact) mass is 424 g/mol. The highest BCUT2D eigenvalue weighted by Crippen LogP contribution is 2.32. The molecule has 0 radical (unpaired) electrons. The second kappa shape index (κ2) is 9.49. The van der Waals surface area contributed by atoms with E-state index in [4.69, 9.17) is 9.47 Å². The maximum absolute atomic E-state index is 13.3. The molecule has 7 nitrogen and oxygen atoms in total. The zero-order valence-corrected chi connectivity index (χ0v) is 17.6. The van der Waals surface area contributed by atoms with Gasteiger partial charge in [-0.05, 0) is 55.6 Å². The zero-order valence-electron chi connectivity index (χ0n) is 17.6. The van der Waals surface area contributed by atoms with Crippen LogP contribution in [0.5, 0.6) is 5.75 Å². The molecule has 2 aromatic carbocycles. The Morgan fingerprint density at radius 2 is 1.94 bits per heavy atom. The predicted octanol–water partition coefficient (Wildman–Crippen LogP) is 2.86. The summed E-state index contributed by atoms with van der Waals surface area (Å²) in [7, 11) is 1.57. The minimum Gasteiger partial charge on any atom is -0.496 e. The second-order valence-corrected chi connectivity index (χ2v) is 8.17. The third-order valence-corrected chi connectivity index (χ3v) is 6.23. The number of para-hydroxylation sites is 1. The average molecular weight is 424 g/mol. The van der Waals surface area contributed by atoms with Gasteiger partial charge >= 0.3 is 11.9 Å². The summed E-state index contributed by atoms with van der Waals surface area (Å²) >= 11 is 0. The molecule has 0 amide bonds. The molecule has 0 aliphatic carbocycles. The molecule has 7 heteroatoms. The number of rotatable bonds is 8. The van der Waals surface area contributed by atoms with E-state index in [1.54, 1.807) is 25.3 Å². The molecular weight excluding hydrogens is 396 g/mol. The average Bonchev–Trinajstić information content (AvgIpc) is 2.80. The van der Waals surface area contributed by atoms with Crippen molar-refractivity contribution < 1.29 is 24.2 Å². The van der Waals surface area contributed by atoms with E-state index in [1.807, 2.05) is 30.3 Å². The van der Waals surface area contributed by atoms with Crippen LogP contribution in [0.15, 0.2) is 48.5 Å². The van der Waals surface area contributed by atoms with Crippen molar-refractivity contribution in [2.45, 2.75) is 31.5 Å². The van der Waals surface area contributed by atoms with Crippen molar-refractivity contribution in [2.75, 3.05) is 26.7 Å². The number of piperidine rings is 3. The highest BCUT2D eigenvalue weighted by molar-refractivity contribution is 5.87. The first-order valence-electron chi connectivity index (χ1n) is 10.7. The number of carbonyl (C=O) groups is 2. The lowest BCUT2D eigenvalue weighted by molar-refractivity contribution is -0.161. The van der Waals surface area contributed by atoms with Gasteiger partial charge < -0.3 is 14.6 Å². The van der Waals surface area contributed by atoms with Gasteiger partial charge in [-0.25, -0.2) is 9.59 Å². The molecule has 2 aromatic rings. The molecule has 3 aliphatic rings. The maximum atomic E-state index is 13.3. The molecule has 2 atom stereocenters. The summed E-state index contributed by atoms with van der Waals surface area (Å²) in [5.41, 5.74) is 1.68. The number of ether oxygens (including phenoxy) is 2. The Balaban J connectivity index is 1.53. The van der Waals surface area contributed by atoms with Crippen molar-refractivity contribution in [3.63, 3.8) is 0 Å². The van der Waals surface area contributed by atoms with Gasteiger partial charge in [-0.2, -0.15) is 0 Å². The van der Waals surface area contributed by atoms with Crippen molar-refractivity contribution in [2.24, 2.45) is 5.92 Å². The summed E-state index contributed by atoms with van der Waals surface area (Å²) in [4.78, 5) is 26.9. The fourth-order valence-electron chi connectivity index (χ4n) is 4.52. The van der Waals surface area contributed by atoms with E-state index in [2.05, 4.69) is 10.2 Å². The quantitative estimate of drug-likeness (QED) is 0.630. The normalized spacial score (nSPS) is 23.2. The van der Waals surface area contributed by atoms with Crippen LogP contribution in [0.1, 0.15) is 40.4 Å². The topological polar surface area (TPSA) is 88.1 Å². The lowest BCUT2D eigenvalue weighted by Crippen LogP contribution is -2.52. The van der Waals surface area contributed by atoms with Gasteiger partial charge in [0.25, 0.3) is 0 Å². The summed E-state index contributed by atoms with van der Waals surface area (Å²) in [5, 5.41) is 12.5. The first kappa shape index (κ1) is 21.3. The van der Waals surface area contributed by atoms with E-state index >= 15 is 0 Å². The largest absolute Gasteiger partial charge is 0.496 e. The Bertz CT molecular complexity index is 939. The Morgan fingerprint density at radius 1 is 1.16 bits per heavy atom. The van der Waals surface area contributed by atoms with Crippen LogP contribution in [0.2, 0.25) is 0 Å². The number of nitrogens with one attached hydrogen (secondary N) is 1. The summed E-state index contributed by atoms with van der Waals surface area (Å²) in [6.45, 7) is 3.26. The SMILES string of the molecule is COc1ccccc1C(NCc1cccc(C(=O)O)c1)C(=O)O[C@H]1CN2CCC1CC2. The van der Waals surface area contributed by atoms with Gasteiger partial charge in [0.05, 0.1) is 12.7 Å². The number of nitrogens with zero attached hydrogens (tertiary/aromatic N) is 1. The summed E-state index contributed by atoms with van der Waals surface area (Å²) < 4.78 is 11.5. The Kier molecular flexibility index (Phi) is 6.53. The van der Waals surface area contributed by atoms with Gasteiger partial charge in [-0.1, -0.05) is 30.3 Å². The fourth-order valence-corrected chi connectivity index (χ4v) is 4.52. The van der Waals surface area contributed by atoms with Crippen molar-refractivity contribution in [1.29, 1.82) is 0 Å². The third-order valence-electron chi connectivity index (χ3n) is 6.23. The molecule has 0 aromatic heterocycles. The highest BCUT2D eigenvalue weighted by Gasteiger charge is 2.38.